The van der Waals surface area contributed by atoms with Crippen molar-refractivity contribution in [1.29, 1.82) is 0 Å². The second-order valence-electron chi connectivity index (χ2n) is 14.8. The Morgan fingerprint density at radius 1 is 0.818 bits per heavy atom. The van der Waals surface area contributed by atoms with Crippen LogP contribution in [0.2, 0.25) is 0 Å². The lowest BCUT2D eigenvalue weighted by Gasteiger charge is -2.30. The second kappa shape index (κ2) is 15.0. The third kappa shape index (κ3) is 9.37. The van der Waals surface area contributed by atoms with Gasteiger partial charge in [-0.2, -0.15) is 0 Å². The largest absolute Gasteiger partial charge is 0.496 e. The smallest absolute Gasteiger partial charge is 0.126 e. The van der Waals surface area contributed by atoms with Crippen molar-refractivity contribution in [2.75, 3.05) is 33.3 Å². The van der Waals surface area contributed by atoms with Gasteiger partial charge in [-0.05, 0) is 96.6 Å². The summed E-state index contributed by atoms with van der Waals surface area (Å²) >= 11 is 0. The minimum Gasteiger partial charge on any atom is -0.496 e. The quantitative estimate of drug-likeness (QED) is 0.197. The minimum absolute atomic E-state index is 0.0155. The first kappa shape index (κ1) is 34.1. The molecule has 5 heteroatoms. The molecule has 0 radical (unpaired) electrons. The van der Waals surface area contributed by atoms with E-state index in [1.54, 1.807) is 7.11 Å². The van der Waals surface area contributed by atoms with Crippen molar-refractivity contribution in [1.82, 2.24) is 10.2 Å². The molecule has 0 spiro atoms. The van der Waals surface area contributed by atoms with Gasteiger partial charge >= 0.3 is 0 Å². The number of ether oxygens (including phenoxy) is 1. The topological polar surface area (TPSA) is 24.5 Å². The molecule has 1 N–H and O–H groups in total. The standard InChI is InChI=1S/C39H54F2N2O/c1-38(2,3)35-23-29(24-36(37(35)44-7)39(4,5)6)27-43-22-20-28(26-43)25-42-21-10-8-9-11-34(30-12-16-32(40)17-13-30)31-14-18-33(41)19-15-31/h12-19,23-24,28,34,42H,8-11,20-22,25-27H2,1-7H3. The van der Waals surface area contributed by atoms with Crippen molar-refractivity contribution in [2.24, 2.45) is 5.92 Å². The van der Waals surface area contributed by atoms with Crippen LogP contribution in [0.5, 0.6) is 5.75 Å². The number of nitrogens with one attached hydrogen (secondary N) is 1. The highest BCUT2D eigenvalue weighted by molar-refractivity contribution is 5.51. The lowest BCUT2D eigenvalue weighted by Crippen LogP contribution is -2.27. The van der Waals surface area contributed by atoms with Gasteiger partial charge in [0.15, 0.2) is 0 Å². The molecule has 0 amide bonds. The monoisotopic (exact) mass is 604 g/mol. The van der Waals surface area contributed by atoms with E-state index >= 15 is 0 Å². The number of halogens is 2. The number of hydrogen-bond donors (Lipinski definition) is 1. The first-order valence-electron chi connectivity index (χ1n) is 16.5. The lowest BCUT2D eigenvalue weighted by molar-refractivity contribution is 0.312. The van der Waals surface area contributed by atoms with Crippen molar-refractivity contribution in [3.05, 3.63) is 100 Å². The third-order valence-electron chi connectivity index (χ3n) is 9.07. The molecule has 0 saturated carbocycles. The van der Waals surface area contributed by atoms with E-state index in [9.17, 15) is 8.78 Å². The molecule has 0 aromatic heterocycles. The summed E-state index contributed by atoms with van der Waals surface area (Å²) in [4.78, 5) is 2.61. The number of likely N-dealkylation sites (tertiary alicyclic amines) is 1. The molecule has 1 aliphatic heterocycles. The zero-order valence-electron chi connectivity index (χ0n) is 28.1. The summed E-state index contributed by atoms with van der Waals surface area (Å²) < 4.78 is 33.0. The van der Waals surface area contributed by atoms with Crippen molar-refractivity contribution >= 4 is 0 Å². The van der Waals surface area contributed by atoms with E-state index in [0.29, 0.717) is 5.92 Å². The van der Waals surface area contributed by atoms with Gasteiger partial charge in [-0.1, -0.05) is 90.8 Å². The molecule has 3 aromatic carbocycles. The van der Waals surface area contributed by atoms with Gasteiger partial charge in [-0.15, -0.1) is 0 Å². The maximum absolute atomic E-state index is 13.5. The fraction of sp³-hybridized carbons (Fsp3) is 0.538. The Hall–Kier alpha value is -2.76. The molecule has 1 heterocycles. The average Bonchev–Trinajstić information content (AvgIpc) is 3.41. The summed E-state index contributed by atoms with van der Waals surface area (Å²) in [6.45, 7) is 19.0. The van der Waals surface area contributed by atoms with Crippen LogP contribution in [-0.2, 0) is 17.4 Å². The molecular weight excluding hydrogens is 550 g/mol. The van der Waals surface area contributed by atoms with E-state index in [1.807, 2.05) is 24.3 Å². The van der Waals surface area contributed by atoms with Gasteiger partial charge in [0.25, 0.3) is 0 Å². The molecule has 1 aliphatic rings. The third-order valence-corrected chi connectivity index (χ3v) is 9.07. The van der Waals surface area contributed by atoms with E-state index < -0.39 is 0 Å². The highest BCUT2D eigenvalue weighted by Gasteiger charge is 2.29. The summed E-state index contributed by atoms with van der Waals surface area (Å²) in [6, 6.07) is 18.2. The molecule has 0 aliphatic carbocycles. The summed E-state index contributed by atoms with van der Waals surface area (Å²) in [5.41, 5.74) is 6.17. The first-order chi connectivity index (χ1) is 20.8. The number of rotatable bonds is 13. The van der Waals surface area contributed by atoms with Gasteiger partial charge in [0.05, 0.1) is 7.11 Å². The molecule has 1 unspecified atom stereocenters. The predicted molar refractivity (Wildman–Crippen MR) is 180 cm³/mol. The molecule has 1 saturated heterocycles. The van der Waals surface area contributed by atoms with Crippen LogP contribution in [0.25, 0.3) is 0 Å². The van der Waals surface area contributed by atoms with E-state index in [1.165, 1.54) is 47.4 Å². The van der Waals surface area contributed by atoms with E-state index in [4.69, 9.17) is 4.74 Å². The number of methoxy groups -OCH3 is 1. The van der Waals surface area contributed by atoms with Crippen molar-refractivity contribution in [3.63, 3.8) is 0 Å². The van der Waals surface area contributed by atoms with Crippen LogP contribution >= 0.6 is 0 Å². The highest BCUT2D eigenvalue weighted by Crippen LogP contribution is 2.41. The van der Waals surface area contributed by atoms with Crippen molar-refractivity contribution < 1.29 is 13.5 Å². The number of benzene rings is 3. The number of hydrogen-bond acceptors (Lipinski definition) is 3. The highest BCUT2D eigenvalue weighted by atomic mass is 19.1. The van der Waals surface area contributed by atoms with Crippen molar-refractivity contribution in [2.45, 2.75) is 96.9 Å². The van der Waals surface area contributed by atoms with Crippen LogP contribution in [-0.4, -0.2) is 38.2 Å². The van der Waals surface area contributed by atoms with E-state index in [2.05, 4.69) is 63.9 Å². The van der Waals surface area contributed by atoms with Crippen LogP contribution < -0.4 is 10.1 Å². The lowest BCUT2D eigenvalue weighted by atomic mass is 9.78. The second-order valence-corrected chi connectivity index (χ2v) is 14.8. The van der Waals surface area contributed by atoms with E-state index in [-0.39, 0.29) is 28.4 Å². The molecule has 1 atom stereocenters. The Kier molecular flexibility index (Phi) is 11.6. The van der Waals surface area contributed by atoms with Gasteiger partial charge in [-0.25, -0.2) is 8.78 Å². The summed E-state index contributed by atoms with van der Waals surface area (Å²) in [6.07, 6.45) is 5.54. The molecule has 0 bridgehead atoms. The van der Waals surface area contributed by atoms with Crippen LogP contribution in [0.15, 0.2) is 60.7 Å². The Labute approximate surface area is 265 Å². The maximum atomic E-state index is 13.5. The van der Waals surface area contributed by atoms with Gasteiger partial charge < -0.3 is 10.1 Å². The van der Waals surface area contributed by atoms with Crippen LogP contribution in [0.1, 0.15) is 107 Å². The number of nitrogens with zero attached hydrogens (tertiary/aromatic N) is 1. The number of unbranched alkanes of at least 4 members (excludes halogenated alkanes) is 2. The van der Waals surface area contributed by atoms with E-state index in [0.717, 1.165) is 75.3 Å². The zero-order chi connectivity index (χ0) is 31.9. The first-order valence-corrected chi connectivity index (χ1v) is 16.5. The van der Waals surface area contributed by atoms with Gasteiger partial charge in [-0.3, -0.25) is 4.90 Å². The van der Waals surface area contributed by atoms with Crippen LogP contribution in [0, 0.1) is 17.6 Å². The molecule has 4 rings (SSSR count). The molecule has 3 aromatic rings. The average molecular weight is 605 g/mol. The van der Waals surface area contributed by atoms with Crippen molar-refractivity contribution in [3.8, 4) is 5.75 Å². The van der Waals surface area contributed by atoms with Gasteiger partial charge in [0, 0.05) is 30.1 Å². The van der Waals surface area contributed by atoms with Gasteiger partial charge in [0.1, 0.15) is 17.4 Å². The maximum Gasteiger partial charge on any atom is 0.126 e. The van der Waals surface area contributed by atoms with Gasteiger partial charge in [0.2, 0.25) is 0 Å². The molecule has 1 fully saturated rings. The molecule has 3 nitrogen and oxygen atoms in total. The SMILES string of the molecule is COc1c(C(C)(C)C)cc(CN2CCC(CNCCCCCC(c3ccc(F)cc3)c3ccc(F)cc3)C2)cc1C(C)(C)C. The summed E-state index contributed by atoms with van der Waals surface area (Å²) in [7, 11) is 1.80. The molecule has 44 heavy (non-hydrogen) atoms. The molecule has 240 valence electrons. The predicted octanol–water partition coefficient (Wildman–Crippen LogP) is 9.37. The Morgan fingerprint density at radius 2 is 1.36 bits per heavy atom. The summed E-state index contributed by atoms with van der Waals surface area (Å²) in [5, 5.41) is 3.72. The van der Waals surface area contributed by atoms with Crippen LogP contribution in [0.3, 0.4) is 0 Å². The van der Waals surface area contributed by atoms with Crippen LogP contribution in [0.4, 0.5) is 8.78 Å². The minimum atomic E-state index is -0.229. The Bertz CT molecular complexity index is 1240. The zero-order valence-corrected chi connectivity index (χ0v) is 28.1. The Balaban J connectivity index is 1.22. The fourth-order valence-electron chi connectivity index (χ4n) is 6.59. The molecular formula is C39H54F2N2O. The fourth-order valence-corrected chi connectivity index (χ4v) is 6.59. The normalized spacial score (nSPS) is 16.2. The summed E-state index contributed by atoms with van der Waals surface area (Å²) in [5.74, 6) is 1.41. The Morgan fingerprint density at radius 3 is 1.86 bits per heavy atom.